The Morgan fingerprint density at radius 3 is 2.63 bits per heavy atom. The quantitative estimate of drug-likeness (QED) is 0.826. The maximum absolute atomic E-state index is 13.1. The lowest BCUT2D eigenvalue weighted by molar-refractivity contribution is -0.119. The lowest BCUT2D eigenvalue weighted by Gasteiger charge is -2.22. The molecule has 1 N–H and O–H groups in total. The Hall–Kier alpha value is -1.98. The molecular weight excluding hydrogens is 254 g/mol. The summed E-state index contributed by atoms with van der Waals surface area (Å²) < 4.78 is 26.3. The summed E-state index contributed by atoms with van der Waals surface area (Å²) in [6.07, 6.45) is 0.939. The highest BCUT2D eigenvalue weighted by Crippen LogP contribution is 2.27. The van der Waals surface area contributed by atoms with E-state index in [0.717, 1.165) is 18.2 Å². The summed E-state index contributed by atoms with van der Waals surface area (Å²) in [5, 5.41) is 2.79. The van der Waals surface area contributed by atoms with Crippen molar-refractivity contribution < 1.29 is 18.4 Å². The molecule has 0 radical (unpaired) electrons. The number of nitrogens with one attached hydrogen (secondary N) is 1. The van der Waals surface area contributed by atoms with Gasteiger partial charge in [0.25, 0.3) is 5.91 Å². The number of hydrogen-bond donors (Lipinski definition) is 1. The lowest BCUT2D eigenvalue weighted by Crippen LogP contribution is -2.38. The van der Waals surface area contributed by atoms with Crippen LogP contribution >= 0.6 is 0 Å². The minimum atomic E-state index is -0.778. The van der Waals surface area contributed by atoms with Gasteiger partial charge in [0.2, 0.25) is 5.91 Å². The van der Waals surface area contributed by atoms with E-state index in [-0.39, 0.29) is 30.0 Å². The van der Waals surface area contributed by atoms with Crippen LogP contribution in [-0.4, -0.2) is 35.3 Å². The summed E-state index contributed by atoms with van der Waals surface area (Å²) >= 11 is 0. The van der Waals surface area contributed by atoms with Crippen LogP contribution < -0.4 is 5.32 Å². The number of rotatable bonds is 1. The molecule has 1 aromatic carbocycles. The molecule has 1 aromatic rings. The standard InChI is InChI=1S/C13H12F2N2O2/c14-8-3-7(4-9(15)5-8)13(19)17-2-1-10-11(17)6-12(18)16-10/h3-5,10-11H,1-2,6H2,(H,16,18). The first-order chi connectivity index (χ1) is 9.04. The Labute approximate surface area is 108 Å². The topological polar surface area (TPSA) is 49.4 Å². The van der Waals surface area contributed by atoms with Crippen molar-refractivity contribution >= 4 is 11.8 Å². The van der Waals surface area contributed by atoms with Gasteiger partial charge < -0.3 is 10.2 Å². The number of halogens is 2. The van der Waals surface area contributed by atoms with E-state index in [4.69, 9.17) is 0 Å². The molecule has 0 aliphatic carbocycles. The molecule has 19 heavy (non-hydrogen) atoms. The second-order valence-corrected chi connectivity index (χ2v) is 4.89. The van der Waals surface area contributed by atoms with Crippen molar-refractivity contribution in [1.82, 2.24) is 10.2 Å². The molecule has 4 nitrogen and oxygen atoms in total. The van der Waals surface area contributed by atoms with Crippen LogP contribution in [0, 0.1) is 11.6 Å². The molecule has 2 aliphatic rings. The van der Waals surface area contributed by atoms with Gasteiger partial charge in [0.15, 0.2) is 0 Å². The first-order valence-electron chi connectivity index (χ1n) is 6.11. The molecule has 100 valence electrons. The molecule has 2 fully saturated rings. The zero-order valence-electron chi connectivity index (χ0n) is 10.0. The smallest absolute Gasteiger partial charge is 0.254 e. The first-order valence-corrected chi connectivity index (χ1v) is 6.11. The fourth-order valence-electron chi connectivity index (χ4n) is 2.83. The molecule has 0 aromatic heterocycles. The van der Waals surface area contributed by atoms with Crippen molar-refractivity contribution in [2.75, 3.05) is 6.54 Å². The third-order valence-corrected chi connectivity index (χ3v) is 3.66. The molecule has 0 spiro atoms. The van der Waals surface area contributed by atoms with Crippen LogP contribution in [0.2, 0.25) is 0 Å². The van der Waals surface area contributed by atoms with Crippen molar-refractivity contribution in [3.8, 4) is 0 Å². The maximum atomic E-state index is 13.1. The van der Waals surface area contributed by atoms with Gasteiger partial charge in [-0.1, -0.05) is 0 Å². The average molecular weight is 266 g/mol. The Kier molecular flexibility index (Phi) is 2.73. The van der Waals surface area contributed by atoms with Crippen LogP contribution in [0.3, 0.4) is 0 Å². The molecule has 6 heteroatoms. The van der Waals surface area contributed by atoms with E-state index in [1.54, 1.807) is 0 Å². The van der Waals surface area contributed by atoms with Crippen LogP contribution in [0.15, 0.2) is 18.2 Å². The zero-order chi connectivity index (χ0) is 13.6. The van der Waals surface area contributed by atoms with Crippen molar-refractivity contribution in [3.05, 3.63) is 35.4 Å². The molecular formula is C13H12F2N2O2. The zero-order valence-corrected chi connectivity index (χ0v) is 10.0. The van der Waals surface area contributed by atoms with Gasteiger partial charge in [-0.05, 0) is 18.6 Å². The first kappa shape index (κ1) is 12.1. The number of carbonyl (C=O) groups excluding carboxylic acids is 2. The van der Waals surface area contributed by atoms with Crippen LogP contribution in [0.25, 0.3) is 0 Å². The summed E-state index contributed by atoms with van der Waals surface area (Å²) in [5.41, 5.74) is -0.0162. The number of benzene rings is 1. The van der Waals surface area contributed by atoms with E-state index < -0.39 is 17.5 Å². The Morgan fingerprint density at radius 1 is 1.26 bits per heavy atom. The predicted octanol–water partition coefficient (Wildman–Crippen LogP) is 1.07. The van der Waals surface area contributed by atoms with Crippen LogP contribution in [0.4, 0.5) is 8.78 Å². The predicted molar refractivity (Wildman–Crippen MR) is 62.3 cm³/mol. The molecule has 2 amide bonds. The highest BCUT2D eigenvalue weighted by atomic mass is 19.1. The number of carbonyl (C=O) groups is 2. The lowest BCUT2D eigenvalue weighted by atomic mass is 10.1. The Morgan fingerprint density at radius 2 is 1.95 bits per heavy atom. The molecule has 2 atom stereocenters. The van der Waals surface area contributed by atoms with E-state index in [0.29, 0.717) is 13.0 Å². The Bertz CT molecular complexity index is 541. The van der Waals surface area contributed by atoms with E-state index in [1.807, 2.05) is 0 Å². The van der Waals surface area contributed by atoms with E-state index in [2.05, 4.69) is 5.32 Å². The van der Waals surface area contributed by atoms with Gasteiger partial charge in [-0.25, -0.2) is 8.78 Å². The number of fused-ring (bicyclic) bond motifs is 1. The molecule has 2 aliphatic heterocycles. The second-order valence-electron chi connectivity index (χ2n) is 4.89. The minimum absolute atomic E-state index is 0.0162. The maximum Gasteiger partial charge on any atom is 0.254 e. The van der Waals surface area contributed by atoms with Gasteiger partial charge in [0.1, 0.15) is 11.6 Å². The van der Waals surface area contributed by atoms with Gasteiger partial charge in [0.05, 0.1) is 12.1 Å². The molecule has 0 saturated carbocycles. The third-order valence-electron chi connectivity index (χ3n) is 3.66. The van der Waals surface area contributed by atoms with E-state index in [1.165, 1.54) is 4.90 Å². The van der Waals surface area contributed by atoms with Gasteiger partial charge in [-0.3, -0.25) is 9.59 Å². The van der Waals surface area contributed by atoms with Gasteiger partial charge in [0, 0.05) is 24.6 Å². The number of likely N-dealkylation sites (tertiary alicyclic amines) is 1. The highest BCUT2D eigenvalue weighted by molar-refractivity contribution is 5.95. The Balaban J connectivity index is 1.86. The summed E-state index contributed by atoms with van der Waals surface area (Å²) in [7, 11) is 0. The molecule has 0 bridgehead atoms. The van der Waals surface area contributed by atoms with Crippen LogP contribution in [0.1, 0.15) is 23.2 Å². The number of hydrogen-bond acceptors (Lipinski definition) is 2. The average Bonchev–Trinajstić information content (AvgIpc) is 2.85. The van der Waals surface area contributed by atoms with Crippen LogP contribution in [-0.2, 0) is 4.79 Å². The fourth-order valence-corrected chi connectivity index (χ4v) is 2.83. The van der Waals surface area contributed by atoms with Crippen molar-refractivity contribution in [2.45, 2.75) is 24.9 Å². The number of amides is 2. The monoisotopic (exact) mass is 266 g/mol. The summed E-state index contributed by atoms with van der Waals surface area (Å²) in [6.45, 7) is 0.493. The normalized spacial score (nSPS) is 25.4. The number of nitrogens with zero attached hydrogens (tertiary/aromatic N) is 1. The van der Waals surface area contributed by atoms with E-state index >= 15 is 0 Å². The van der Waals surface area contributed by atoms with Gasteiger partial charge in [-0.2, -0.15) is 0 Å². The summed E-state index contributed by atoms with van der Waals surface area (Å²) in [4.78, 5) is 25.1. The van der Waals surface area contributed by atoms with E-state index in [9.17, 15) is 18.4 Å². The van der Waals surface area contributed by atoms with Gasteiger partial charge >= 0.3 is 0 Å². The largest absolute Gasteiger partial charge is 0.351 e. The molecule has 3 rings (SSSR count). The van der Waals surface area contributed by atoms with Crippen molar-refractivity contribution in [1.29, 1.82) is 0 Å². The second kappa shape index (κ2) is 4.29. The summed E-state index contributed by atoms with van der Waals surface area (Å²) in [5.74, 6) is -2.07. The van der Waals surface area contributed by atoms with Crippen molar-refractivity contribution in [2.24, 2.45) is 0 Å². The molecule has 2 unspecified atom stereocenters. The molecule has 2 heterocycles. The van der Waals surface area contributed by atoms with Gasteiger partial charge in [-0.15, -0.1) is 0 Å². The van der Waals surface area contributed by atoms with Crippen LogP contribution in [0.5, 0.6) is 0 Å². The minimum Gasteiger partial charge on any atom is -0.351 e. The highest BCUT2D eigenvalue weighted by Gasteiger charge is 2.43. The summed E-state index contributed by atoms with van der Waals surface area (Å²) in [6, 6.07) is 2.53. The third kappa shape index (κ3) is 2.07. The van der Waals surface area contributed by atoms with Crippen molar-refractivity contribution in [3.63, 3.8) is 0 Å². The molecule has 2 saturated heterocycles. The SMILES string of the molecule is O=C1CC2C(CCN2C(=O)c2cc(F)cc(F)c2)N1. The fraction of sp³-hybridized carbons (Fsp3) is 0.385.